The number of rotatable bonds is 5. The summed E-state index contributed by atoms with van der Waals surface area (Å²) in [6, 6.07) is -0.352. The highest BCUT2D eigenvalue weighted by Crippen LogP contribution is 2.37. The van der Waals surface area contributed by atoms with Gasteiger partial charge in [-0.2, -0.15) is 0 Å². The number of amides is 1. The van der Waals surface area contributed by atoms with E-state index in [-0.39, 0.29) is 17.9 Å². The molecule has 3 N–H and O–H groups in total. The smallest absolute Gasteiger partial charge is 0.237 e. The van der Waals surface area contributed by atoms with Crippen LogP contribution in [0, 0.1) is 17.3 Å². The first kappa shape index (κ1) is 15.5. The van der Waals surface area contributed by atoms with E-state index in [1.54, 1.807) is 0 Å². The van der Waals surface area contributed by atoms with Crippen molar-refractivity contribution in [3.05, 3.63) is 0 Å². The van der Waals surface area contributed by atoms with Crippen LogP contribution in [-0.4, -0.2) is 18.5 Å². The van der Waals surface area contributed by atoms with Gasteiger partial charge in [-0.15, -0.1) is 0 Å². The maximum Gasteiger partial charge on any atom is 0.237 e. The number of carbonyl (C=O) groups excluding carboxylic acids is 1. The number of nitrogens with two attached hydrogens (primary N) is 1. The van der Waals surface area contributed by atoms with Crippen molar-refractivity contribution in [2.45, 2.75) is 65.8 Å². The van der Waals surface area contributed by atoms with Crippen LogP contribution in [0.4, 0.5) is 0 Å². The van der Waals surface area contributed by atoms with Crippen molar-refractivity contribution in [1.82, 2.24) is 5.32 Å². The fourth-order valence-corrected chi connectivity index (χ4v) is 2.54. The monoisotopic (exact) mass is 254 g/mol. The summed E-state index contributed by atoms with van der Waals surface area (Å²) in [6.07, 6.45) is 5.94. The van der Waals surface area contributed by atoms with Crippen LogP contribution >= 0.6 is 0 Å². The van der Waals surface area contributed by atoms with Crippen molar-refractivity contribution in [3.63, 3.8) is 0 Å². The second kappa shape index (κ2) is 6.55. The van der Waals surface area contributed by atoms with Crippen LogP contribution < -0.4 is 11.1 Å². The van der Waals surface area contributed by atoms with E-state index in [0.29, 0.717) is 11.3 Å². The Morgan fingerprint density at radius 3 is 2.44 bits per heavy atom. The summed E-state index contributed by atoms with van der Waals surface area (Å²) in [5, 5.41) is 3.03. The molecule has 18 heavy (non-hydrogen) atoms. The molecule has 3 nitrogen and oxygen atoms in total. The van der Waals surface area contributed by atoms with Crippen LogP contribution in [0.15, 0.2) is 0 Å². The van der Waals surface area contributed by atoms with E-state index in [2.05, 4.69) is 26.1 Å². The fraction of sp³-hybridized carbons (Fsp3) is 0.933. The zero-order chi connectivity index (χ0) is 13.8. The molecule has 3 heteroatoms. The molecular formula is C15H30N2O. The zero-order valence-corrected chi connectivity index (χ0v) is 12.5. The van der Waals surface area contributed by atoms with E-state index in [4.69, 9.17) is 5.73 Å². The Hall–Kier alpha value is -0.570. The minimum absolute atomic E-state index is 0.0224. The average Bonchev–Trinajstić information content (AvgIpc) is 2.35. The molecule has 0 aliphatic heterocycles. The topological polar surface area (TPSA) is 55.1 Å². The quantitative estimate of drug-likeness (QED) is 0.792. The SMILES string of the molecule is CCC(C)C(N)C(=O)NCC1CCC(C)(C)CC1. The summed E-state index contributed by atoms with van der Waals surface area (Å²) in [5.41, 5.74) is 6.41. The molecule has 0 aromatic rings. The minimum Gasteiger partial charge on any atom is -0.354 e. The van der Waals surface area contributed by atoms with Gasteiger partial charge in [0.1, 0.15) is 0 Å². The summed E-state index contributed by atoms with van der Waals surface area (Å²) >= 11 is 0. The van der Waals surface area contributed by atoms with Crippen LogP contribution in [0.25, 0.3) is 0 Å². The van der Waals surface area contributed by atoms with Crippen molar-refractivity contribution < 1.29 is 4.79 Å². The third-order valence-corrected chi connectivity index (χ3v) is 4.58. The number of nitrogens with one attached hydrogen (secondary N) is 1. The van der Waals surface area contributed by atoms with Crippen LogP contribution in [0.1, 0.15) is 59.8 Å². The summed E-state index contributed by atoms with van der Waals surface area (Å²) < 4.78 is 0. The number of hydrogen-bond acceptors (Lipinski definition) is 2. The Kier molecular flexibility index (Phi) is 5.64. The minimum atomic E-state index is -0.352. The molecule has 0 aromatic heterocycles. The van der Waals surface area contributed by atoms with E-state index in [1.165, 1.54) is 25.7 Å². The van der Waals surface area contributed by atoms with Gasteiger partial charge in [0.15, 0.2) is 0 Å². The molecule has 0 radical (unpaired) electrons. The molecule has 2 unspecified atom stereocenters. The molecule has 2 atom stereocenters. The number of carbonyl (C=O) groups is 1. The Labute approximate surface area is 112 Å². The van der Waals surface area contributed by atoms with E-state index in [0.717, 1.165) is 13.0 Å². The van der Waals surface area contributed by atoms with Gasteiger partial charge in [0, 0.05) is 6.54 Å². The molecule has 0 spiro atoms. The lowest BCUT2D eigenvalue weighted by Gasteiger charge is -2.34. The van der Waals surface area contributed by atoms with Crippen LogP contribution in [0.5, 0.6) is 0 Å². The van der Waals surface area contributed by atoms with Crippen molar-refractivity contribution in [2.24, 2.45) is 23.0 Å². The van der Waals surface area contributed by atoms with Gasteiger partial charge in [-0.3, -0.25) is 4.79 Å². The van der Waals surface area contributed by atoms with Gasteiger partial charge in [-0.05, 0) is 42.9 Å². The lowest BCUT2D eigenvalue weighted by Crippen LogP contribution is -2.46. The highest BCUT2D eigenvalue weighted by atomic mass is 16.2. The fourth-order valence-electron chi connectivity index (χ4n) is 2.54. The molecule has 1 amide bonds. The molecule has 1 aliphatic carbocycles. The van der Waals surface area contributed by atoms with Crippen LogP contribution in [0.3, 0.4) is 0 Å². The molecule has 0 aromatic carbocycles. The lowest BCUT2D eigenvalue weighted by molar-refractivity contribution is -0.123. The largest absolute Gasteiger partial charge is 0.354 e. The third kappa shape index (κ3) is 4.60. The van der Waals surface area contributed by atoms with Crippen molar-refractivity contribution >= 4 is 5.91 Å². The first-order valence-corrected chi connectivity index (χ1v) is 7.39. The van der Waals surface area contributed by atoms with Gasteiger partial charge in [-0.25, -0.2) is 0 Å². The first-order chi connectivity index (χ1) is 8.35. The summed E-state index contributed by atoms with van der Waals surface area (Å²) in [5.74, 6) is 0.926. The van der Waals surface area contributed by atoms with Gasteiger partial charge in [0.05, 0.1) is 6.04 Å². The highest BCUT2D eigenvalue weighted by Gasteiger charge is 2.27. The van der Waals surface area contributed by atoms with Crippen molar-refractivity contribution in [1.29, 1.82) is 0 Å². The molecular weight excluding hydrogens is 224 g/mol. The summed E-state index contributed by atoms with van der Waals surface area (Å²) in [6.45, 7) is 9.58. The van der Waals surface area contributed by atoms with Gasteiger partial charge in [0.25, 0.3) is 0 Å². The van der Waals surface area contributed by atoms with E-state index in [9.17, 15) is 4.79 Å². The molecule has 1 rings (SSSR count). The van der Waals surface area contributed by atoms with Crippen LogP contribution in [-0.2, 0) is 4.79 Å². The zero-order valence-electron chi connectivity index (χ0n) is 12.5. The molecule has 0 heterocycles. The molecule has 1 saturated carbocycles. The van der Waals surface area contributed by atoms with Crippen LogP contribution in [0.2, 0.25) is 0 Å². The standard InChI is InChI=1S/C15H30N2O/c1-5-11(2)13(16)14(18)17-10-12-6-8-15(3,4)9-7-12/h11-13H,5-10,16H2,1-4H3,(H,17,18). The van der Waals surface area contributed by atoms with Crippen molar-refractivity contribution in [3.8, 4) is 0 Å². The Balaban J connectivity index is 2.27. The summed E-state index contributed by atoms with van der Waals surface area (Å²) in [4.78, 5) is 11.9. The maximum absolute atomic E-state index is 11.9. The second-order valence-electron chi connectivity index (χ2n) is 6.76. The lowest BCUT2D eigenvalue weighted by atomic mass is 9.73. The second-order valence-corrected chi connectivity index (χ2v) is 6.76. The third-order valence-electron chi connectivity index (χ3n) is 4.58. The number of hydrogen-bond donors (Lipinski definition) is 2. The average molecular weight is 254 g/mol. The van der Waals surface area contributed by atoms with E-state index < -0.39 is 0 Å². The van der Waals surface area contributed by atoms with E-state index in [1.807, 2.05) is 6.92 Å². The molecule has 0 saturated heterocycles. The Bertz CT molecular complexity index is 266. The van der Waals surface area contributed by atoms with Gasteiger partial charge < -0.3 is 11.1 Å². The molecule has 0 bridgehead atoms. The van der Waals surface area contributed by atoms with Gasteiger partial charge in [0.2, 0.25) is 5.91 Å². The molecule has 1 fully saturated rings. The first-order valence-electron chi connectivity index (χ1n) is 7.39. The predicted molar refractivity (Wildman–Crippen MR) is 76.2 cm³/mol. The Morgan fingerprint density at radius 1 is 1.39 bits per heavy atom. The van der Waals surface area contributed by atoms with Gasteiger partial charge >= 0.3 is 0 Å². The van der Waals surface area contributed by atoms with Crippen molar-refractivity contribution in [2.75, 3.05) is 6.54 Å². The Morgan fingerprint density at radius 2 is 1.94 bits per heavy atom. The van der Waals surface area contributed by atoms with E-state index >= 15 is 0 Å². The van der Waals surface area contributed by atoms with Gasteiger partial charge in [-0.1, -0.05) is 34.1 Å². The predicted octanol–water partition coefficient (Wildman–Crippen LogP) is 2.69. The summed E-state index contributed by atoms with van der Waals surface area (Å²) in [7, 11) is 0. The molecule has 1 aliphatic rings. The highest BCUT2D eigenvalue weighted by molar-refractivity contribution is 5.81. The maximum atomic E-state index is 11.9. The molecule has 106 valence electrons. The normalized spacial score (nSPS) is 23.4.